The van der Waals surface area contributed by atoms with Crippen LogP contribution in [0.1, 0.15) is 19.3 Å². The maximum atomic E-state index is 3.80. The lowest BCUT2D eigenvalue weighted by Crippen LogP contribution is -2.27. The van der Waals surface area contributed by atoms with Gasteiger partial charge in [-0.05, 0) is 25.5 Å². The molecule has 0 radical (unpaired) electrons. The summed E-state index contributed by atoms with van der Waals surface area (Å²) in [5.41, 5.74) is 0. The molecule has 0 aliphatic heterocycles. The molecule has 0 aromatic rings. The molecule has 0 aromatic carbocycles. The maximum absolute atomic E-state index is 3.80. The van der Waals surface area contributed by atoms with Crippen molar-refractivity contribution in [2.45, 2.75) is 30.6 Å². The summed E-state index contributed by atoms with van der Waals surface area (Å²) in [7, 11) is 0. The monoisotopic (exact) mass is 249 g/mol. The zero-order chi connectivity index (χ0) is 8.97. The molecule has 1 rings (SSSR count). The van der Waals surface area contributed by atoms with Crippen molar-refractivity contribution < 1.29 is 0 Å². The summed E-state index contributed by atoms with van der Waals surface area (Å²) in [6, 6.07) is 0.719. The molecule has 3 heteroatoms. The molecule has 0 aromatic heterocycles. The molecule has 0 amide bonds. The topological polar surface area (TPSA) is 12.0 Å². The fourth-order valence-corrected chi connectivity index (χ4v) is 2.55. The second kappa shape index (κ2) is 5.30. The zero-order valence-electron chi connectivity index (χ0n) is 7.48. The highest BCUT2D eigenvalue weighted by molar-refractivity contribution is 9.11. The average Bonchev–Trinajstić information content (AvgIpc) is 2.48. The van der Waals surface area contributed by atoms with Gasteiger partial charge in [-0.3, -0.25) is 0 Å². The van der Waals surface area contributed by atoms with Gasteiger partial charge in [0, 0.05) is 22.3 Å². The molecule has 1 aliphatic rings. The van der Waals surface area contributed by atoms with E-state index in [1.54, 1.807) is 0 Å². The van der Waals surface area contributed by atoms with Crippen LogP contribution in [0.5, 0.6) is 0 Å². The Labute approximate surface area is 87.5 Å². The SMILES string of the molecule is C=C(Br)CNC1CCC(SC)C1. The van der Waals surface area contributed by atoms with E-state index in [2.05, 4.69) is 34.1 Å². The van der Waals surface area contributed by atoms with Crippen LogP contribution in [0, 0.1) is 0 Å². The van der Waals surface area contributed by atoms with E-state index in [1.165, 1.54) is 19.3 Å². The van der Waals surface area contributed by atoms with Crippen molar-refractivity contribution in [3.63, 3.8) is 0 Å². The highest BCUT2D eigenvalue weighted by Gasteiger charge is 2.22. The van der Waals surface area contributed by atoms with Crippen molar-refractivity contribution in [3.05, 3.63) is 11.1 Å². The minimum atomic E-state index is 0.719. The van der Waals surface area contributed by atoms with Crippen molar-refractivity contribution in [2.75, 3.05) is 12.8 Å². The molecular formula is C9H16BrNS. The molecule has 1 N–H and O–H groups in total. The molecule has 0 bridgehead atoms. The lowest BCUT2D eigenvalue weighted by molar-refractivity contribution is 0.556. The van der Waals surface area contributed by atoms with Gasteiger partial charge in [0.25, 0.3) is 0 Å². The fraction of sp³-hybridized carbons (Fsp3) is 0.778. The molecule has 2 unspecified atom stereocenters. The number of rotatable bonds is 4. The summed E-state index contributed by atoms with van der Waals surface area (Å²) < 4.78 is 1.05. The van der Waals surface area contributed by atoms with Crippen LogP contribution in [0.2, 0.25) is 0 Å². The van der Waals surface area contributed by atoms with Crippen molar-refractivity contribution in [1.82, 2.24) is 5.32 Å². The third-order valence-corrected chi connectivity index (χ3v) is 3.68. The van der Waals surface area contributed by atoms with Gasteiger partial charge >= 0.3 is 0 Å². The highest BCUT2D eigenvalue weighted by Crippen LogP contribution is 2.28. The summed E-state index contributed by atoms with van der Waals surface area (Å²) >= 11 is 5.35. The highest BCUT2D eigenvalue weighted by atomic mass is 79.9. The van der Waals surface area contributed by atoms with Gasteiger partial charge in [-0.1, -0.05) is 22.5 Å². The zero-order valence-corrected chi connectivity index (χ0v) is 9.88. The predicted molar refractivity (Wildman–Crippen MR) is 61.0 cm³/mol. The Morgan fingerprint density at radius 2 is 2.42 bits per heavy atom. The van der Waals surface area contributed by atoms with Gasteiger partial charge < -0.3 is 5.32 Å². The van der Waals surface area contributed by atoms with Crippen LogP contribution in [0.15, 0.2) is 11.1 Å². The summed E-state index contributed by atoms with van der Waals surface area (Å²) in [6.07, 6.45) is 6.22. The molecule has 2 atom stereocenters. The minimum Gasteiger partial charge on any atom is -0.309 e. The largest absolute Gasteiger partial charge is 0.309 e. The normalized spacial score (nSPS) is 29.2. The molecule has 12 heavy (non-hydrogen) atoms. The Balaban J connectivity index is 2.15. The van der Waals surface area contributed by atoms with E-state index in [9.17, 15) is 0 Å². The van der Waals surface area contributed by atoms with Gasteiger partial charge in [0.05, 0.1) is 0 Å². The van der Waals surface area contributed by atoms with Gasteiger partial charge in [-0.2, -0.15) is 11.8 Å². The second-order valence-electron chi connectivity index (χ2n) is 3.27. The van der Waals surface area contributed by atoms with Crippen LogP contribution >= 0.6 is 27.7 Å². The second-order valence-corrected chi connectivity index (χ2v) is 5.53. The van der Waals surface area contributed by atoms with Gasteiger partial charge in [-0.25, -0.2) is 0 Å². The number of halogens is 1. The number of nitrogens with one attached hydrogen (secondary N) is 1. The predicted octanol–water partition coefficient (Wildman–Crippen LogP) is 2.77. The van der Waals surface area contributed by atoms with E-state index in [0.717, 1.165) is 22.3 Å². The van der Waals surface area contributed by atoms with Gasteiger partial charge in [0.15, 0.2) is 0 Å². The third kappa shape index (κ3) is 3.50. The van der Waals surface area contributed by atoms with Crippen LogP contribution in [-0.2, 0) is 0 Å². The van der Waals surface area contributed by atoms with E-state index in [1.807, 2.05) is 11.8 Å². The molecule has 1 saturated carbocycles. The number of hydrogen-bond acceptors (Lipinski definition) is 2. The van der Waals surface area contributed by atoms with Crippen molar-refractivity contribution in [2.24, 2.45) is 0 Å². The van der Waals surface area contributed by atoms with Gasteiger partial charge in [-0.15, -0.1) is 0 Å². The quantitative estimate of drug-likeness (QED) is 0.823. The van der Waals surface area contributed by atoms with E-state index in [-0.39, 0.29) is 0 Å². The molecule has 1 aliphatic carbocycles. The van der Waals surface area contributed by atoms with Crippen LogP contribution in [0.3, 0.4) is 0 Å². The Morgan fingerprint density at radius 3 is 2.92 bits per heavy atom. The molecule has 0 heterocycles. The summed E-state index contributed by atoms with van der Waals surface area (Å²) in [5, 5.41) is 4.37. The summed E-state index contributed by atoms with van der Waals surface area (Å²) in [6.45, 7) is 4.71. The lowest BCUT2D eigenvalue weighted by atomic mass is 10.2. The van der Waals surface area contributed by atoms with E-state index in [4.69, 9.17) is 0 Å². The van der Waals surface area contributed by atoms with Gasteiger partial charge in [0.2, 0.25) is 0 Å². The van der Waals surface area contributed by atoms with Crippen molar-refractivity contribution in [1.29, 1.82) is 0 Å². The average molecular weight is 250 g/mol. The molecule has 1 nitrogen and oxygen atoms in total. The van der Waals surface area contributed by atoms with Crippen molar-refractivity contribution in [3.8, 4) is 0 Å². The Hall–Kier alpha value is 0.530. The summed E-state index contributed by atoms with van der Waals surface area (Å²) in [5.74, 6) is 0. The van der Waals surface area contributed by atoms with E-state index < -0.39 is 0 Å². The first kappa shape index (κ1) is 10.6. The van der Waals surface area contributed by atoms with E-state index >= 15 is 0 Å². The van der Waals surface area contributed by atoms with Gasteiger partial charge in [0.1, 0.15) is 0 Å². The first-order valence-electron chi connectivity index (χ1n) is 4.32. The summed E-state index contributed by atoms with van der Waals surface area (Å²) in [4.78, 5) is 0. The van der Waals surface area contributed by atoms with E-state index in [0.29, 0.717) is 0 Å². The Kier molecular flexibility index (Phi) is 4.69. The molecule has 1 fully saturated rings. The van der Waals surface area contributed by atoms with Crippen LogP contribution in [0.4, 0.5) is 0 Å². The first-order valence-corrected chi connectivity index (χ1v) is 6.40. The lowest BCUT2D eigenvalue weighted by Gasteiger charge is -2.11. The number of hydrogen-bond donors (Lipinski definition) is 1. The Bertz CT molecular complexity index is 161. The van der Waals surface area contributed by atoms with Crippen LogP contribution in [-0.4, -0.2) is 24.1 Å². The molecule has 0 spiro atoms. The van der Waals surface area contributed by atoms with Crippen molar-refractivity contribution >= 4 is 27.7 Å². The standard InChI is InChI=1S/C9H16BrNS/c1-7(10)6-11-8-3-4-9(5-8)12-2/h8-9,11H,1,3-6H2,2H3. The maximum Gasteiger partial charge on any atom is 0.0268 e. The minimum absolute atomic E-state index is 0.719. The smallest absolute Gasteiger partial charge is 0.0268 e. The fourth-order valence-electron chi connectivity index (χ4n) is 1.59. The molecular weight excluding hydrogens is 234 g/mol. The van der Waals surface area contributed by atoms with Crippen LogP contribution in [0.25, 0.3) is 0 Å². The number of thioether (sulfide) groups is 1. The Morgan fingerprint density at radius 1 is 1.67 bits per heavy atom. The molecule has 70 valence electrons. The van der Waals surface area contributed by atoms with Crippen LogP contribution < -0.4 is 5.32 Å². The first-order chi connectivity index (χ1) is 5.72. The molecule has 0 saturated heterocycles. The third-order valence-electron chi connectivity index (χ3n) is 2.30.